The minimum atomic E-state index is -0.940. The van der Waals surface area contributed by atoms with E-state index in [9.17, 15) is 4.79 Å². The molecule has 0 aromatic rings. The molecule has 3 nitrogen and oxygen atoms in total. The van der Waals surface area contributed by atoms with Crippen LogP contribution < -0.4 is 5.73 Å². The zero-order valence-corrected chi connectivity index (χ0v) is 7.96. The summed E-state index contributed by atoms with van der Waals surface area (Å²) >= 11 is 0. The summed E-state index contributed by atoms with van der Waals surface area (Å²) in [5, 5.41) is 0. The summed E-state index contributed by atoms with van der Waals surface area (Å²) in [6, 6.07) is 0. The maximum Gasteiger partial charge on any atom is 0.330 e. The molecule has 0 aliphatic heterocycles. The number of carbonyl (C=O) groups is 1. The molecule has 0 saturated heterocycles. The van der Waals surface area contributed by atoms with E-state index in [1.165, 1.54) is 0 Å². The van der Waals surface area contributed by atoms with Crippen molar-refractivity contribution in [2.75, 3.05) is 6.61 Å². The van der Waals surface area contributed by atoms with E-state index in [4.69, 9.17) is 10.5 Å². The molecule has 3 heteroatoms. The lowest BCUT2D eigenvalue weighted by Gasteiger charge is -2.21. The van der Waals surface area contributed by atoms with Crippen molar-refractivity contribution < 1.29 is 9.53 Å². The van der Waals surface area contributed by atoms with E-state index >= 15 is 0 Å². The fourth-order valence-electron chi connectivity index (χ4n) is 0.893. The van der Waals surface area contributed by atoms with Crippen LogP contribution in [0, 0.1) is 0 Å². The Kier molecular flexibility index (Phi) is 4.59. The quantitative estimate of drug-likeness (QED) is 0.511. The van der Waals surface area contributed by atoms with E-state index in [1.54, 1.807) is 19.1 Å². The third-order valence-electron chi connectivity index (χ3n) is 1.70. The van der Waals surface area contributed by atoms with Crippen LogP contribution in [0.1, 0.15) is 27.2 Å². The lowest BCUT2D eigenvalue weighted by atomic mass is 9.97. The van der Waals surface area contributed by atoms with Crippen LogP contribution in [0.2, 0.25) is 0 Å². The van der Waals surface area contributed by atoms with Gasteiger partial charge in [-0.25, -0.2) is 4.79 Å². The van der Waals surface area contributed by atoms with Crippen molar-refractivity contribution in [1.29, 1.82) is 0 Å². The predicted molar refractivity (Wildman–Crippen MR) is 48.7 cm³/mol. The molecule has 0 radical (unpaired) electrons. The summed E-state index contributed by atoms with van der Waals surface area (Å²) in [5.74, 6) is -0.356. The van der Waals surface area contributed by atoms with Gasteiger partial charge in [-0.3, -0.25) is 0 Å². The van der Waals surface area contributed by atoms with E-state index < -0.39 is 5.54 Å². The molecule has 1 atom stereocenters. The molecule has 0 aromatic heterocycles. The van der Waals surface area contributed by atoms with E-state index in [0.717, 1.165) is 0 Å². The molecule has 12 heavy (non-hydrogen) atoms. The minimum absolute atomic E-state index is 0.356. The van der Waals surface area contributed by atoms with Gasteiger partial charge in [-0.15, -0.1) is 0 Å². The highest BCUT2D eigenvalue weighted by atomic mass is 16.5. The maximum absolute atomic E-state index is 11.3. The Morgan fingerprint density at radius 2 is 2.17 bits per heavy atom. The molecule has 0 amide bonds. The number of carbonyl (C=O) groups excluding carboxylic acids is 1. The summed E-state index contributed by atoms with van der Waals surface area (Å²) in [4.78, 5) is 11.3. The van der Waals surface area contributed by atoms with Gasteiger partial charge in [0.2, 0.25) is 0 Å². The van der Waals surface area contributed by atoms with Crippen molar-refractivity contribution in [3.8, 4) is 0 Å². The number of ether oxygens (including phenoxy) is 1. The third-order valence-corrected chi connectivity index (χ3v) is 1.70. The number of rotatable bonds is 4. The van der Waals surface area contributed by atoms with Crippen molar-refractivity contribution in [1.82, 2.24) is 0 Å². The van der Waals surface area contributed by atoms with Crippen molar-refractivity contribution in [2.24, 2.45) is 5.73 Å². The first-order valence-electron chi connectivity index (χ1n) is 4.20. The second-order valence-electron chi connectivity index (χ2n) is 2.61. The summed E-state index contributed by atoms with van der Waals surface area (Å²) < 4.78 is 4.84. The van der Waals surface area contributed by atoms with Gasteiger partial charge in [-0.2, -0.15) is 0 Å². The van der Waals surface area contributed by atoms with Gasteiger partial charge in [0, 0.05) is 0 Å². The number of hydrogen-bond donors (Lipinski definition) is 1. The Bertz CT molecular complexity index is 177. The molecule has 0 spiro atoms. The van der Waals surface area contributed by atoms with E-state index in [-0.39, 0.29) is 5.97 Å². The van der Waals surface area contributed by atoms with Crippen molar-refractivity contribution in [2.45, 2.75) is 32.7 Å². The van der Waals surface area contributed by atoms with Crippen LogP contribution in [-0.2, 0) is 9.53 Å². The first kappa shape index (κ1) is 11.2. The van der Waals surface area contributed by atoms with Crippen molar-refractivity contribution in [3.05, 3.63) is 12.2 Å². The molecular formula is C9H17NO2. The van der Waals surface area contributed by atoms with Crippen LogP contribution in [0.25, 0.3) is 0 Å². The molecule has 0 aliphatic carbocycles. The second kappa shape index (κ2) is 4.93. The van der Waals surface area contributed by atoms with Crippen LogP contribution in [-0.4, -0.2) is 18.1 Å². The van der Waals surface area contributed by atoms with Gasteiger partial charge in [0.25, 0.3) is 0 Å². The molecule has 0 aromatic carbocycles. The molecule has 0 heterocycles. The first-order chi connectivity index (χ1) is 5.60. The SMILES string of the molecule is CC=C[C@@](N)(CC)C(=O)OCC. The Balaban J connectivity index is 4.40. The van der Waals surface area contributed by atoms with Gasteiger partial charge in [0.05, 0.1) is 6.61 Å². The second-order valence-corrected chi connectivity index (χ2v) is 2.61. The standard InChI is InChI=1S/C9H17NO2/c1-4-7-9(10,5-2)8(11)12-6-3/h4,7H,5-6,10H2,1-3H3/t9-/m0/s1. The highest BCUT2D eigenvalue weighted by molar-refractivity contribution is 5.83. The lowest BCUT2D eigenvalue weighted by molar-refractivity contribution is -0.147. The summed E-state index contributed by atoms with van der Waals surface area (Å²) in [6.07, 6.45) is 3.99. The molecule has 0 fully saturated rings. The Labute approximate surface area is 73.6 Å². The third kappa shape index (κ3) is 2.66. The molecule has 0 unspecified atom stereocenters. The zero-order valence-electron chi connectivity index (χ0n) is 7.96. The monoisotopic (exact) mass is 171 g/mol. The van der Waals surface area contributed by atoms with Gasteiger partial charge in [-0.05, 0) is 20.3 Å². The molecular weight excluding hydrogens is 154 g/mol. The number of allylic oxidation sites excluding steroid dienone is 1. The number of esters is 1. The Hall–Kier alpha value is -0.830. The average Bonchev–Trinajstić information content (AvgIpc) is 2.05. The fourth-order valence-corrected chi connectivity index (χ4v) is 0.893. The van der Waals surface area contributed by atoms with Crippen molar-refractivity contribution in [3.63, 3.8) is 0 Å². The molecule has 0 bridgehead atoms. The first-order valence-corrected chi connectivity index (χ1v) is 4.20. The van der Waals surface area contributed by atoms with E-state index in [1.807, 2.05) is 13.8 Å². The van der Waals surface area contributed by atoms with Gasteiger partial charge in [0.1, 0.15) is 5.54 Å². The van der Waals surface area contributed by atoms with Crippen LogP contribution in [0.5, 0.6) is 0 Å². The highest BCUT2D eigenvalue weighted by Crippen LogP contribution is 2.10. The van der Waals surface area contributed by atoms with Crippen LogP contribution >= 0.6 is 0 Å². The Morgan fingerprint density at radius 1 is 1.58 bits per heavy atom. The topological polar surface area (TPSA) is 52.3 Å². The van der Waals surface area contributed by atoms with E-state index in [0.29, 0.717) is 13.0 Å². The maximum atomic E-state index is 11.3. The molecule has 0 aliphatic rings. The molecule has 0 saturated carbocycles. The summed E-state index contributed by atoms with van der Waals surface area (Å²) in [6.45, 7) is 5.83. The van der Waals surface area contributed by atoms with Gasteiger partial charge >= 0.3 is 5.97 Å². The Morgan fingerprint density at radius 3 is 2.50 bits per heavy atom. The molecule has 70 valence electrons. The number of nitrogens with two attached hydrogens (primary N) is 1. The zero-order chi connectivity index (χ0) is 9.61. The molecule has 2 N–H and O–H groups in total. The largest absolute Gasteiger partial charge is 0.464 e. The predicted octanol–water partition coefficient (Wildman–Crippen LogP) is 1.23. The van der Waals surface area contributed by atoms with Gasteiger partial charge in [-0.1, -0.05) is 19.1 Å². The minimum Gasteiger partial charge on any atom is -0.464 e. The smallest absolute Gasteiger partial charge is 0.330 e. The normalized spacial score (nSPS) is 16.0. The van der Waals surface area contributed by atoms with Crippen molar-refractivity contribution >= 4 is 5.97 Å². The summed E-state index contributed by atoms with van der Waals surface area (Å²) in [7, 11) is 0. The van der Waals surface area contributed by atoms with Crippen LogP contribution in [0.15, 0.2) is 12.2 Å². The lowest BCUT2D eigenvalue weighted by Crippen LogP contribution is -2.46. The van der Waals surface area contributed by atoms with Crippen LogP contribution in [0.4, 0.5) is 0 Å². The summed E-state index contributed by atoms with van der Waals surface area (Å²) in [5.41, 5.74) is 4.84. The average molecular weight is 171 g/mol. The fraction of sp³-hybridized carbons (Fsp3) is 0.667. The van der Waals surface area contributed by atoms with Gasteiger partial charge in [0.15, 0.2) is 0 Å². The number of hydrogen-bond acceptors (Lipinski definition) is 3. The molecule has 0 rings (SSSR count). The van der Waals surface area contributed by atoms with Gasteiger partial charge < -0.3 is 10.5 Å². The van der Waals surface area contributed by atoms with E-state index in [2.05, 4.69) is 0 Å². The van der Waals surface area contributed by atoms with Crippen LogP contribution in [0.3, 0.4) is 0 Å². The highest BCUT2D eigenvalue weighted by Gasteiger charge is 2.29.